The van der Waals surface area contributed by atoms with Gasteiger partial charge in [0.05, 0.1) is 36.1 Å². The summed E-state index contributed by atoms with van der Waals surface area (Å²) in [6, 6.07) is 22.8. The highest BCUT2D eigenvalue weighted by Gasteiger charge is 2.22. The number of aromatic nitrogens is 3. The average Bonchev–Trinajstić information content (AvgIpc) is 3.49. The Morgan fingerprint density at radius 1 is 1.00 bits per heavy atom. The lowest BCUT2D eigenvalue weighted by Gasteiger charge is -2.09. The largest absolute Gasteiger partial charge is 0.463 e. The molecule has 2 aromatic carbocycles. The average molecular weight is 453 g/mol. The molecule has 0 amide bonds. The minimum atomic E-state index is -0.409. The number of pyridine rings is 1. The third-order valence-electron chi connectivity index (χ3n) is 5.38. The van der Waals surface area contributed by atoms with E-state index in [0.717, 1.165) is 17.1 Å². The van der Waals surface area contributed by atoms with Crippen LogP contribution in [0.1, 0.15) is 28.5 Å². The molecule has 5 aromatic rings. The molecule has 0 aliphatic heterocycles. The van der Waals surface area contributed by atoms with Crippen LogP contribution in [-0.2, 0) is 11.3 Å². The minimum absolute atomic E-state index is 0.281. The highest BCUT2D eigenvalue weighted by atomic mass is 16.5. The van der Waals surface area contributed by atoms with Crippen molar-refractivity contribution >= 4 is 17.0 Å². The fraction of sp³-hybridized carbons (Fsp3) is 0.148. The van der Waals surface area contributed by atoms with Gasteiger partial charge in [-0.05, 0) is 61.9 Å². The summed E-state index contributed by atoms with van der Waals surface area (Å²) in [5.41, 5.74) is 3.30. The van der Waals surface area contributed by atoms with Gasteiger partial charge in [0.2, 0.25) is 0 Å². The van der Waals surface area contributed by atoms with Gasteiger partial charge in [0, 0.05) is 0 Å². The Kier molecular flexibility index (Phi) is 5.82. The van der Waals surface area contributed by atoms with E-state index >= 15 is 0 Å². The zero-order valence-electron chi connectivity index (χ0n) is 18.9. The van der Waals surface area contributed by atoms with E-state index in [1.807, 2.05) is 67.6 Å². The molecule has 0 N–H and O–H groups in total. The first-order valence-electron chi connectivity index (χ1n) is 11.0. The van der Waals surface area contributed by atoms with Gasteiger partial charge in [-0.25, -0.2) is 14.5 Å². The molecule has 0 fully saturated rings. The van der Waals surface area contributed by atoms with Crippen LogP contribution in [0, 0.1) is 6.92 Å². The van der Waals surface area contributed by atoms with Crippen molar-refractivity contribution in [1.82, 2.24) is 14.8 Å². The number of nitrogens with zero attached hydrogens (tertiary/aromatic N) is 3. The molecule has 0 bridgehead atoms. The maximum atomic E-state index is 12.8. The Balaban J connectivity index is 1.50. The van der Waals surface area contributed by atoms with Crippen LogP contribution < -0.4 is 4.74 Å². The number of carbonyl (C=O) groups excluding carboxylic acids is 1. The number of benzene rings is 2. The van der Waals surface area contributed by atoms with E-state index in [4.69, 9.17) is 18.9 Å². The highest BCUT2D eigenvalue weighted by Crippen LogP contribution is 2.29. The van der Waals surface area contributed by atoms with Gasteiger partial charge < -0.3 is 13.9 Å². The second kappa shape index (κ2) is 9.23. The van der Waals surface area contributed by atoms with Gasteiger partial charge in [0.25, 0.3) is 0 Å². The van der Waals surface area contributed by atoms with Crippen LogP contribution in [0.25, 0.3) is 22.5 Å². The molecule has 34 heavy (non-hydrogen) atoms. The van der Waals surface area contributed by atoms with Crippen molar-refractivity contribution in [2.24, 2.45) is 0 Å². The molecule has 0 aliphatic rings. The number of hydrogen-bond donors (Lipinski definition) is 0. The number of furan rings is 1. The minimum Gasteiger partial charge on any atom is -0.463 e. The molecule has 7 nitrogen and oxygen atoms in total. The van der Waals surface area contributed by atoms with E-state index in [9.17, 15) is 4.79 Å². The van der Waals surface area contributed by atoms with Crippen LogP contribution in [0.4, 0.5) is 0 Å². The van der Waals surface area contributed by atoms with Gasteiger partial charge >= 0.3 is 5.97 Å². The van der Waals surface area contributed by atoms with Crippen molar-refractivity contribution in [1.29, 1.82) is 0 Å². The van der Waals surface area contributed by atoms with Crippen LogP contribution in [0.3, 0.4) is 0 Å². The topological polar surface area (TPSA) is 79.4 Å². The van der Waals surface area contributed by atoms with Crippen LogP contribution in [-0.4, -0.2) is 27.3 Å². The Labute approximate surface area is 196 Å². The quantitative estimate of drug-likeness (QED) is 0.281. The first-order chi connectivity index (χ1) is 16.6. The molecule has 5 rings (SSSR count). The zero-order chi connectivity index (χ0) is 23.5. The van der Waals surface area contributed by atoms with Crippen molar-refractivity contribution in [2.75, 3.05) is 6.61 Å². The SMILES string of the molecule is CCOC(=O)c1cc(-c2ccco2)nc2c1c(C)nn2Cc1ccc(Oc2ccccc2)cc1. The standard InChI is InChI=1S/C27H23N3O4/c1-3-32-27(31)22-16-23(24-10-7-15-33-24)28-26-25(22)18(2)29-30(26)17-19-11-13-21(14-12-19)34-20-8-5-4-6-9-20/h4-16H,3,17H2,1-2H3. The van der Waals surface area contributed by atoms with Gasteiger partial charge in [0.15, 0.2) is 11.4 Å². The lowest BCUT2D eigenvalue weighted by atomic mass is 10.1. The van der Waals surface area contributed by atoms with Gasteiger partial charge in [-0.1, -0.05) is 30.3 Å². The van der Waals surface area contributed by atoms with E-state index in [-0.39, 0.29) is 6.61 Å². The lowest BCUT2D eigenvalue weighted by molar-refractivity contribution is 0.0528. The second-order valence-corrected chi connectivity index (χ2v) is 7.75. The summed E-state index contributed by atoms with van der Waals surface area (Å²) in [5, 5.41) is 5.36. The number of aryl methyl sites for hydroxylation is 1. The summed E-state index contributed by atoms with van der Waals surface area (Å²) < 4.78 is 18.5. The van der Waals surface area contributed by atoms with Crippen molar-refractivity contribution in [3.63, 3.8) is 0 Å². The molecule has 0 atom stereocenters. The molecule has 0 spiro atoms. The lowest BCUT2D eigenvalue weighted by Crippen LogP contribution is -2.08. The number of ether oxygens (including phenoxy) is 2. The summed E-state index contributed by atoms with van der Waals surface area (Å²) in [5.74, 6) is 1.69. The number of esters is 1. The molecule has 0 radical (unpaired) electrons. The number of hydrogen-bond acceptors (Lipinski definition) is 6. The first kappa shape index (κ1) is 21.5. The van der Waals surface area contributed by atoms with Crippen LogP contribution in [0.5, 0.6) is 11.5 Å². The van der Waals surface area contributed by atoms with Crippen LogP contribution in [0.15, 0.2) is 83.5 Å². The Morgan fingerprint density at radius 3 is 2.47 bits per heavy atom. The molecule has 0 saturated heterocycles. The molecule has 0 saturated carbocycles. The van der Waals surface area contributed by atoms with E-state index < -0.39 is 5.97 Å². The van der Waals surface area contributed by atoms with Gasteiger partial charge in [0.1, 0.15) is 17.2 Å². The molecular weight excluding hydrogens is 430 g/mol. The smallest absolute Gasteiger partial charge is 0.339 e. The van der Waals surface area contributed by atoms with Crippen LogP contribution in [0.2, 0.25) is 0 Å². The Bertz CT molecular complexity index is 1420. The van der Waals surface area contributed by atoms with E-state index in [1.165, 1.54) is 0 Å². The molecule has 0 unspecified atom stereocenters. The van der Waals surface area contributed by atoms with E-state index in [2.05, 4.69) is 5.10 Å². The van der Waals surface area contributed by atoms with Crippen LogP contribution >= 0.6 is 0 Å². The normalized spacial score (nSPS) is 11.0. The summed E-state index contributed by atoms with van der Waals surface area (Å²) in [6.45, 7) is 4.41. The van der Waals surface area contributed by atoms with Gasteiger partial charge in [-0.15, -0.1) is 0 Å². The number of carbonyl (C=O) groups is 1. The maximum Gasteiger partial charge on any atom is 0.339 e. The van der Waals surface area contributed by atoms with Crippen molar-refractivity contribution < 1.29 is 18.7 Å². The number of rotatable bonds is 7. The summed E-state index contributed by atoms with van der Waals surface area (Å²) >= 11 is 0. The first-order valence-corrected chi connectivity index (χ1v) is 11.0. The fourth-order valence-corrected chi connectivity index (χ4v) is 3.84. The molecular formula is C27H23N3O4. The summed E-state index contributed by atoms with van der Waals surface area (Å²) in [7, 11) is 0. The third-order valence-corrected chi connectivity index (χ3v) is 5.38. The predicted molar refractivity (Wildman–Crippen MR) is 128 cm³/mol. The monoisotopic (exact) mass is 453 g/mol. The van der Waals surface area contributed by atoms with Gasteiger partial charge in [-0.2, -0.15) is 5.10 Å². The van der Waals surface area contributed by atoms with E-state index in [1.54, 1.807) is 30.0 Å². The van der Waals surface area contributed by atoms with Crippen molar-refractivity contribution in [3.8, 4) is 23.0 Å². The predicted octanol–water partition coefficient (Wildman–Crippen LogP) is 6.02. The number of fused-ring (bicyclic) bond motifs is 1. The van der Waals surface area contributed by atoms with E-state index in [0.29, 0.717) is 40.3 Å². The Hall–Kier alpha value is -4.39. The number of para-hydroxylation sites is 1. The summed E-state index contributed by atoms with van der Waals surface area (Å²) in [4.78, 5) is 17.5. The zero-order valence-corrected chi connectivity index (χ0v) is 18.9. The van der Waals surface area contributed by atoms with Gasteiger partial charge in [-0.3, -0.25) is 0 Å². The molecule has 3 aromatic heterocycles. The summed E-state index contributed by atoms with van der Waals surface area (Å²) in [6.07, 6.45) is 1.58. The van der Waals surface area contributed by atoms with Crippen molar-refractivity contribution in [2.45, 2.75) is 20.4 Å². The molecule has 7 heteroatoms. The maximum absolute atomic E-state index is 12.8. The Morgan fingerprint density at radius 2 is 1.76 bits per heavy atom. The van der Waals surface area contributed by atoms with Crippen molar-refractivity contribution in [3.05, 3.63) is 95.9 Å². The highest BCUT2D eigenvalue weighted by molar-refractivity contribution is 6.04. The molecule has 170 valence electrons. The second-order valence-electron chi connectivity index (χ2n) is 7.75. The third kappa shape index (κ3) is 4.28. The molecule has 3 heterocycles. The fourth-order valence-electron chi connectivity index (χ4n) is 3.84. The molecule has 0 aliphatic carbocycles.